The maximum Gasteiger partial charge on any atom is 0.308 e. The minimum Gasteiger partial charge on any atom is -0.458 e. The first-order valence-electron chi connectivity index (χ1n) is 4.74. The average Bonchev–Trinajstić information content (AvgIpc) is 2.08. The fourth-order valence-electron chi connectivity index (χ4n) is 1.35. The number of carbonyl (C=O) groups is 2. The zero-order valence-corrected chi connectivity index (χ0v) is 9.02. The maximum atomic E-state index is 10.8. The molecular formula is C11H14O4. The minimum absolute atomic E-state index is 0.00764. The normalized spacial score (nSPS) is 24.3. The van der Waals surface area contributed by atoms with Gasteiger partial charge < -0.3 is 9.47 Å². The fourth-order valence-corrected chi connectivity index (χ4v) is 1.35. The Morgan fingerprint density at radius 3 is 2.40 bits per heavy atom. The summed E-state index contributed by atoms with van der Waals surface area (Å²) in [5.74, 6) is -0.170. The second-order valence-corrected chi connectivity index (χ2v) is 3.45. The molecule has 1 aliphatic rings. The molecule has 0 aromatic heterocycles. The van der Waals surface area contributed by atoms with Gasteiger partial charge in [-0.05, 0) is 18.2 Å². The molecule has 0 saturated heterocycles. The third-order valence-corrected chi connectivity index (χ3v) is 1.96. The largest absolute Gasteiger partial charge is 0.458 e. The molecule has 0 radical (unpaired) electrons. The predicted molar refractivity (Wildman–Crippen MR) is 53.7 cm³/mol. The van der Waals surface area contributed by atoms with E-state index in [1.165, 1.54) is 13.8 Å². The van der Waals surface area contributed by atoms with E-state index in [4.69, 9.17) is 9.47 Å². The van der Waals surface area contributed by atoms with Gasteiger partial charge >= 0.3 is 11.9 Å². The highest BCUT2D eigenvalue weighted by Gasteiger charge is 2.20. The molecule has 2 atom stereocenters. The number of ether oxygens (including phenoxy) is 2. The Hall–Kier alpha value is -1.58. The number of hydrogen-bond acceptors (Lipinski definition) is 4. The second kappa shape index (κ2) is 4.77. The average molecular weight is 210 g/mol. The molecule has 0 aliphatic heterocycles. The molecule has 1 aliphatic carbocycles. The molecule has 2 unspecified atom stereocenters. The topological polar surface area (TPSA) is 52.6 Å². The zero-order chi connectivity index (χ0) is 11.4. The van der Waals surface area contributed by atoms with Gasteiger partial charge in [0.1, 0.15) is 11.9 Å². The highest BCUT2D eigenvalue weighted by atomic mass is 16.5. The van der Waals surface area contributed by atoms with E-state index in [-0.39, 0.29) is 24.0 Å². The van der Waals surface area contributed by atoms with Gasteiger partial charge in [-0.25, -0.2) is 0 Å². The van der Waals surface area contributed by atoms with Crippen LogP contribution < -0.4 is 0 Å². The maximum absolute atomic E-state index is 10.8. The lowest BCUT2D eigenvalue weighted by atomic mass is 9.99. The lowest BCUT2D eigenvalue weighted by Gasteiger charge is -2.21. The summed E-state index contributed by atoms with van der Waals surface area (Å²) in [7, 11) is 0. The first-order chi connectivity index (χ1) is 6.99. The smallest absolute Gasteiger partial charge is 0.308 e. The van der Waals surface area contributed by atoms with Crippen LogP contribution in [0.2, 0.25) is 0 Å². The summed E-state index contributed by atoms with van der Waals surface area (Å²) in [5, 5.41) is 0. The molecule has 15 heavy (non-hydrogen) atoms. The number of allylic oxidation sites excluding steroid dienone is 1. The predicted octanol–water partition coefficient (Wildman–Crippen LogP) is 1.57. The Balaban J connectivity index is 2.62. The van der Waals surface area contributed by atoms with Gasteiger partial charge in [0, 0.05) is 19.8 Å². The molecule has 4 nitrogen and oxygen atoms in total. The molecular weight excluding hydrogens is 196 g/mol. The van der Waals surface area contributed by atoms with E-state index in [9.17, 15) is 9.59 Å². The van der Waals surface area contributed by atoms with Crippen molar-refractivity contribution in [3.8, 4) is 0 Å². The Kier molecular flexibility index (Phi) is 3.66. The van der Waals surface area contributed by atoms with Crippen LogP contribution in [-0.4, -0.2) is 18.0 Å². The van der Waals surface area contributed by atoms with Crippen LogP contribution in [0.5, 0.6) is 0 Å². The van der Waals surface area contributed by atoms with Crippen LogP contribution in [-0.2, 0) is 19.1 Å². The van der Waals surface area contributed by atoms with Gasteiger partial charge in [0.05, 0.1) is 0 Å². The highest BCUT2D eigenvalue weighted by Crippen LogP contribution is 2.20. The Labute approximate surface area is 88.6 Å². The van der Waals surface area contributed by atoms with Gasteiger partial charge in [0.15, 0.2) is 0 Å². The molecule has 0 heterocycles. The van der Waals surface area contributed by atoms with E-state index >= 15 is 0 Å². The molecule has 0 aromatic rings. The number of hydrogen-bond donors (Lipinski definition) is 0. The number of rotatable bonds is 2. The molecule has 1 rings (SSSR count). The summed E-state index contributed by atoms with van der Waals surface area (Å²) in [6, 6.07) is 0. The Morgan fingerprint density at radius 1 is 1.27 bits per heavy atom. The van der Waals surface area contributed by atoms with Crippen LogP contribution in [0.4, 0.5) is 0 Å². The van der Waals surface area contributed by atoms with Crippen molar-refractivity contribution < 1.29 is 19.1 Å². The molecule has 0 amide bonds. The van der Waals surface area contributed by atoms with E-state index < -0.39 is 0 Å². The van der Waals surface area contributed by atoms with E-state index in [0.717, 1.165) is 0 Å². The summed E-state index contributed by atoms with van der Waals surface area (Å²) in [5.41, 5.74) is 0. The third kappa shape index (κ3) is 3.58. The van der Waals surface area contributed by atoms with Crippen molar-refractivity contribution >= 4 is 11.9 Å². The van der Waals surface area contributed by atoms with Crippen molar-refractivity contribution in [3.05, 3.63) is 24.0 Å². The highest BCUT2D eigenvalue weighted by molar-refractivity contribution is 5.68. The van der Waals surface area contributed by atoms with Gasteiger partial charge in [0.25, 0.3) is 0 Å². The Bertz CT molecular complexity index is 327. The first-order valence-corrected chi connectivity index (χ1v) is 4.74. The number of carbonyl (C=O) groups excluding carboxylic acids is 2. The van der Waals surface area contributed by atoms with Crippen molar-refractivity contribution in [2.75, 3.05) is 0 Å². The van der Waals surface area contributed by atoms with Gasteiger partial charge in [-0.1, -0.05) is 6.92 Å². The van der Waals surface area contributed by atoms with Crippen molar-refractivity contribution in [1.82, 2.24) is 0 Å². The third-order valence-electron chi connectivity index (χ3n) is 1.96. The van der Waals surface area contributed by atoms with Crippen molar-refractivity contribution in [2.24, 2.45) is 5.92 Å². The van der Waals surface area contributed by atoms with Crippen LogP contribution in [0, 0.1) is 5.92 Å². The Morgan fingerprint density at radius 2 is 1.93 bits per heavy atom. The quantitative estimate of drug-likeness (QED) is 0.649. The minimum atomic E-state index is -0.357. The number of esters is 2. The van der Waals surface area contributed by atoms with E-state index in [1.807, 2.05) is 6.92 Å². The van der Waals surface area contributed by atoms with Gasteiger partial charge in [0.2, 0.25) is 0 Å². The monoisotopic (exact) mass is 210 g/mol. The summed E-state index contributed by atoms with van der Waals surface area (Å²) < 4.78 is 9.96. The standard InChI is InChI=1S/C11H14O4/c1-7-6-10(14-8(2)12)4-5-11(7)15-9(3)13/h4-7,11H,1-3H3. The van der Waals surface area contributed by atoms with Crippen molar-refractivity contribution in [2.45, 2.75) is 26.9 Å². The fraction of sp³-hybridized carbons (Fsp3) is 0.455. The molecule has 0 aromatic carbocycles. The molecule has 0 bridgehead atoms. The van der Waals surface area contributed by atoms with Gasteiger partial charge in [-0.2, -0.15) is 0 Å². The second-order valence-electron chi connectivity index (χ2n) is 3.45. The zero-order valence-electron chi connectivity index (χ0n) is 9.02. The summed E-state index contributed by atoms with van der Waals surface area (Å²) in [6.45, 7) is 4.60. The SMILES string of the molecule is CC(=O)OC1=CC(C)C(OC(C)=O)C=C1. The molecule has 82 valence electrons. The van der Waals surface area contributed by atoms with Crippen LogP contribution >= 0.6 is 0 Å². The van der Waals surface area contributed by atoms with E-state index in [0.29, 0.717) is 5.76 Å². The summed E-state index contributed by atoms with van der Waals surface area (Å²) in [6.07, 6.45) is 4.83. The molecule has 4 heteroatoms. The van der Waals surface area contributed by atoms with Crippen LogP contribution in [0.15, 0.2) is 24.0 Å². The summed E-state index contributed by atoms with van der Waals surface area (Å²) >= 11 is 0. The molecule has 0 saturated carbocycles. The summed E-state index contributed by atoms with van der Waals surface area (Å²) in [4.78, 5) is 21.5. The van der Waals surface area contributed by atoms with Gasteiger partial charge in [-0.15, -0.1) is 0 Å². The molecule has 0 N–H and O–H groups in total. The van der Waals surface area contributed by atoms with E-state index in [1.54, 1.807) is 18.2 Å². The molecule has 0 fully saturated rings. The lowest BCUT2D eigenvalue weighted by Crippen LogP contribution is -2.23. The first kappa shape index (κ1) is 11.5. The molecule has 0 spiro atoms. The van der Waals surface area contributed by atoms with Crippen LogP contribution in [0.1, 0.15) is 20.8 Å². The van der Waals surface area contributed by atoms with E-state index in [2.05, 4.69) is 0 Å². The van der Waals surface area contributed by atoms with Crippen LogP contribution in [0.3, 0.4) is 0 Å². The van der Waals surface area contributed by atoms with Gasteiger partial charge in [-0.3, -0.25) is 9.59 Å². The lowest BCUT2D eigenvalue weighted by molar-refractivity contribution is -0.146. The van der Waals surface area contributed by atoms with Crippen molar-refractivity contribution in [1.29, 1.82) is 0 Å². The van der Waals surface area contributed by atoms with Crippen LogP contribution in [0.25, 0.3) is 0 Å². The van der Waals surface area contributed by atoms with Crippen molar-refractivity contribution in [3.63, 3.8) is 0 Å².